The summed E-state index contributed by atoms with van der Waals surface area (Å²) in [5.74, 6) is -0.354. The van der Waals surface area contributed by atoms with Crippen molar-refractivity contribution in [2.75, 3.05) is 11.4 Å². The van der Waals surface area contributed by atoms with Crippen LogP contribution in [0.25, 0.3) is 16.9 Å². The molecule has 8 nitrogen and oxygen atoms in total. The topological polar surface area (TPSA) is 97.4 Å². The molecular weight excluding hydrogens is 456 g/mol. The van der Waals surface area contributed by atoms with E-state index in [1.807, 2.05) is 31.2 Å². The van der Waals surface area contributed by atoms with Crippen LogP contribution in [0.4, 0.5) is 10.6 Å². The summed E-state index contributed by atoms with van der Waals surface area (Å²) >= 11 is 0. The molecule has 8 heteroatoms. The van der Waals surface area contributed by atoms with Gasteiger partial charge in [-0.15, -0.1) is 5.10 Å². The second-order valence-electron chi connectivity index (χ2n) is 10.5. The normalized spacial score (nSPS) is 11.5. The first-order valence-electron chi connectivity index (χ1n) is 11.7. The van der Waals surface area contributed by atoms with Gasteiger partial charge >= 0.3 is 12.1 Å². The first-order valence-corrected chi connectivity index (χ1v) is 11.7. The molecule has 2 aromatic carbocycles. The summed E-state index contributed by atoms with van der Waals surface area (Å²) in [6, 6.07) is 18.7. The third-order valence-corrected chi connectivity index (χ3v) is 4.88. The number of hydrogen-bond acceptors (Lipinski definition) is 6. The lowest BCUT2D eigenvalue weighted by molar-refractivity contribution is -0.153. The van der Waals surface area contributed by atoms with Gasteiger partial charge < -0.3 is 9.47 Å². The van der Waals surface area contributed by atoms with E-state index in [-0.39, 0.29) is 12.4 Å². The standard InChI is InChI=1S/C28H32N4O4/c1-19-8-12-21(13-9-19)23-16-24(30-32(23)22-14-10-20(17-29)11-15-22)31(26(34)36-28(5,6)7)18-25(33)35-27(2,3)4/h8-16H,18H2,1-7H3. The highest BCUT2D eigenvalue weighted by molar-refractivity contribution is 5.93. The fourth-order valence-corrected chi connectivity index (χ4v) is 3.36. The zero-order valence-electron chi connectivity index (χ0n) is 21.8. The van der Waals surface area contributed by atoms with E-state index in [1.165, 1.54) is 4.90 Å². The molecule has 0 fully saturated rings. The van der Waals surface area contributed by atoms with Crippen molar-refractivity contribution in [1.29, 1.82) is 5.26 Å². The van der Waals surface area contributed by atoms with E-state index in [1.54, 1.807) is 76.6 Å². The Labute approximate surface area is 212 Å². The van der Waals surface area contributed by atoms with Gasteiger partial charge in [0.05, 0.1) is 23.0 Å². The predicted molar refractivity (Wildman–Crippen MR) is 138 cm³/mol. The lowest BCUT2D eigenvalue weighted by Gasteiger charge is -2.27. The maximum atomic E-state index is 13.2. The second-order valence-corrected chi connectivity index (χ2v) is 10.5. The maximum Gasteiger partial charge on any atom is 0.416 e. The van der Waals surface area contributed by atoms with Crippen LogP contribution >= 0.6 is 0 Å². The van der Waals surface area contributed by atoms with Gasteiger partial charge in [0.1, 0.15) is 17.7 Å². The van der Waals surface area contributed by atoms with Crippen molar-refractivity contribution >= 4 is 17.9 Å². The van der Waals surface area contributed by atoms with E-state index in [9.17, 15) is 14.9 Å². The van der Waals surface area contributed by atoms with Crippen LogP contribution in [0.15, 0.2) is 54.6 Å². The Morgan fingerprint density at radius 1 is 0.944 bits per heavy atom. The van der Waals surface area contributed by atoms with Gasteiger partial charge in [0.2, 0.25) is 0 Å². The highest BCUT2D eigenvalue weighted by atomic mass is 16.6. The molecule has 0 bridgehead atoms. The minimum atomic E-state index is -0.779. The quantitative estimate of drug-likeness (QED) is 0.421. The van der Waals surface area contributed by atoms with Crippen molar-refractivity contribution in [3.05, 3.63) is 65.7 Å². The fourth-order valence-electron chi connectivity index (χ4n) is 3.36. The molecule has 0 aliphatic carbocycles. The highest BCUT2D eigenvalue weighted by Gasteiger charge is 2.30. The summed E-state index contributed by atoms with van der Waals surface area (Å²) in [4.78, 5) is 27.1. The molecule has 0 saturated heterocycles. The highest BCUT2D eigenvalue weighted by Crippen LogP contribution is 2.29. The first-order chi connectivity index (χ1) is 16.8. The van der Waals surface area contributed by atoms with E-state index in [2.05, 4.69) is 11.2 Å². The number of aryl methyl sites for hydroxylation is 1. The number of anilines is 1. The SMILES string of the molecule is Cc1ccc(-c2cc(N(CC(=O)OC(C)(C)C)C(=O)OC(C)(C)C)nn2-c2ccc(C#N)cc2)cc1. The molecule has 3 rings (SSSR count). The number of benzene rings is 2. The zero-order valence-corrected chi connectivity index (χ0v) is 21.8. The van der Waals surface area contributed by atoms with Crippen LogP contribution in [-0.2, 0) is 14.3 Å². The second kappa shape index (κ2) is 10.2. The molecule has 0 unspecified atom stereocenters. The van der Waals surface area contributed by atoms with Crippen LogP contribution in [0.1, 0.15) is 52.7 Å². The van der Waals surface area contributed by atoms with Crippen LogP contribution in [0.2, 0.25) is 0 Å². The van der Waals surface area contributed by atoms with Gasteiger partial charge in [-0.05, 0) is 72.7 Å². The minimum absolute atomic E-state index is 0.232. The van der Waals surface area contributed by atoms with E-state index in [0.717, 1.165) is 11.1 Å². The van der Waals surface area contributed by atoms with Gasteiger partial charge in [-0.1, -0.05) is 29.8 Å². The molecule has 0 aliphatic rings. The molecule has 0 atom stereocenters. The summed E-state index contributed by atoms with van der Waals surface area (Å²) < 4.78 is 12.7. The summed E-state index contributed by atoms with van der Waals surface area (Å²) in [5.41, 5.74) is 2.38. The van der Waals surface area contributed by atoms with Gasteiger partial charge in [0, 0.05) is 11.6 Å². The van der Waals surface area contributed by atoms with Crippen molar-refractivity contribution < 1.29 is 19.1 Å². The number of rotatable bonds is 5. The third-order valence-electron chi connectivity index (χ3n) is 4.88. The Bertz CT molecular complexity index is 1270. The molecule has 36 heavy (non-hydrogen) atoms. The van der Waals surface area contributed by atoms with Crippen LogP contribution in [0.5, 0.6) is 0 Å². The van der Waals surface area contributed by atoms with Crippen molar-refractivity contribution in [1.82, 2.24) is 9.78 Å². The van der Waals surface area contributed by atoms with Gasteiger partial charge in [-0.25, -0.2) is 14.4 Å². The van der Waals surface area contributed by atoms with Crippen molar-refractivity contribution in [2.24, 2.45) is 0 Å². The van der Waals surface area contributed by atoms with E-state index < -0.39 is 23.3 Å². The smallest absolute Gasteiger partial charge is 0.416 e. The van der Waals surface area contributed by atoms with Gasteiger partial charge in [-0.3, -0.25) is 4.79 Å². The number of carbonyl (C=O) groups excluding carboxylic acids is 2. The molecular formula is C28H32N4O4. The largest absolute Gasteiger partial charge is 0.459 e. The maximum absolute atomic E-state index is 13.2. The molecule has 0 spiro atoms. The number of aromatic nitrogens is 2. The zero-order chi connectivity index (χ0) is 26.7. The minimum Gasteiger partial charge on any atom is -0.459 e. The van der Waals surface area contributed by atoms with Gasteiger partial charge in [-0.2, -0.15) is 5.26 Å². The van der Waals surface area contributed by atoms with Crippen molar-refractivity contribution in [2.45, 2.75) is 59.7 Å². The van der Waals surface area contributed by atoms with Crippen LogP contribution in [0.3, 0.4) is 0 Å². The molecule has 3 aromatic rings. The third kappa shape index (κ3) is 6.95. The molecule has 1 amide bonds. The Morgan fingerprint density at radius 2 is 1.53 bits per heavy atom. The van der Waals surface area contributed by atoms with E-state index >= 15 is 0 Å². The summed E-state index contributed by atoms with van der Waals surface area (Å²) in [5, 5.41) is 13.9. The fraction of sp³-hybridized carbons (Fsp3) is 0.357. The molecule has 1 heterocycles. The summed E-state index contributed by atoms with van der Waals surface area (Å²) in [7, 11) is 0. The van der Waals surface area contributed by atoms with E-state index in [4.69, 9.17) is 9.47 Å². The number of nitrogens with zero attached hydrogens (tertiary/aromatic N) is 4. The Hall–Kier alpha value is -4.12. The van der Waals surface area contributed by atoms with Crippen LogP contribution in [0, 0.1) is 18.3 Å². The van der Waals surface area contributed by atoms with Gasteiger partial charge in [0.15, 0.2) is 5.82 Å². The average molecular weight is 489 g/mol. The molecule has 0 saturated carbocycles. The Morgan fingerprint density at radius 3 is 2.06 bits per heavy atom. The Balaban J connectivity index is 2.12. The molecule has 1 aromatic heterocycles. The predicted octanol–water partition coefficient (Wildman–Crippen LogP) is 5.80. The lowest BCUT2D eigenvalue weighted by Crippen LogP contribution is -2.42. The number of ether oxygens (including phenoxy) is 2. The summed E-state index contributed by atoms with van der Waals surface area (Å²) in [6.45, 7) is 12.2. The van der Waals surface area contributed by atoms with Gasteiger partial charge in [0.25, 0.3) is 0 Å². The number of esters is 1. The molecule has 0 radical (unpaired) electrons. The van der Waals surface area contributed by atoms with Crippen LogP contribution < -0.4 is 4.90 Å². The average Bonchev–Trinajstić information content (AvgIpc) is 3.20. The Kier molecular flexibility index (Phi) is 7.54. The van der Waals surface area contributed by atoms with Crippen molar-refractivity contribution in [3.63, 3.8) is 0 Å². The molecule has 0 aliphatic heterocycles. The number of hydrogen-bond donors (Lipinski definition) is 0. The molecule has 0 N–H and O–H groups in total. The van der Waals surface area contributed by atoms with E-state index in [0.29, 0.717) is 16.9 Å². The summed E-state index contributed by atoms with van der Waals surface area (Å²) in [6.07, 6.45) is -0.715. The number of amides is 1. The molecule has 188 valence electrons. The first kappa shape index (κ1) is 26.5. The van der Waals surface area contributed by atoms with Crippen molar-refractivity contribution in [3.8, 4) is 23.0 Å². The van der Waals surface area contributed by atoms with Crippen LogP contribution in [-0.4, -0.2) is 39.6 Å². The monoisotopic (exact) mass is 488 g/mol. The number of nitriles is 1. The number of carbonyl (C=O) groups is 2. The lowest BCUT2D eigenvalue weighted by atomic mass is 10.1.